The highest BCUT2D eigenvalue weighted by molar-refractivity contribution is 5.79. The van der Waals surface area contributed by atoms with E-state index in [0.29, 0.717) is 42.4 Å². The minimum absolute atomic E-state index is 0.258. The Hall–Kier alpha value is -3.86. The van der Waals surface area contributed by atoms with Crippen LogP contribution in [-0.4, -0.2) is 29.3 Å². The second-order valence-electron chi connectivity index (χ2n) is 7.29. The fourth-order valence-electron chi connectivity index (χ4n) is 3.49. The molecule has 3 aromatic rings. The van der Waals surface area contributed by atoms with Crippen LogP contribution in [0.4, 0.5) is 10.2 Å². The fourth-order valence-corrected chi connectivity index (χ4v) is 3.49. The van der Waals surface area contributed by atoms with Crippen LogP contribution in [0.25, 0.3) is 5.69 Å². The number of nitrogen functional groups attached to an aromatic ring is 1. The average Bonchev–Trinajstić information content (AvgIpc) is 3.14. The van der Waals surface area contributed by atoms with Gasteiger partial charge in [0.05, 0.1) is 11.4 Å². The molecule has 2 aromatic carbocycles. The minimum atomic E-state index is -0.341. The summed E-state index contributed by atoms with van der Waals surface area (Å²) in [6.45, 7) is 3.50. The van der Waals surface area contributed by atoms with Gasteiger partial charge in [0, 0.05) is 20.1 Å². The number of hydrogen-bond donors (Lipinski definition) is 3. The summed E-state index contributed by atoms with van der Waals surface area (Å²) in [5.74, 6) is 0.633. The maximum atomic E-state index is 13.2. The quantitative estimate of drug-likeness (QED) is 0.287. The zero-order valence-electron chi connectivity index (χ0n) is 18.4. The van der Waals surface area contributed by atoms with E-state index in [4.69, 9.17) is 5.73 Å². The number of nitrogens with zero attached hydrogens (tertiary/aromatic N) is 4. The van der Waals surface area contributed by atoms with Crippen molar-refractivity contribution in [3.8, 4) is 11.8 Å². The third kappa shape index (κ3) is 5.43. The number of aryl methyl sites for hydroxylation is 2. The molecule has 0 bridgehead atoms. The zero-order chi connectivity index (χ0) is 22.9. The predicted octanol–water partition coefficient (Wildman–Crippen LogP) is 3.33. The van der Waals surface area contributed by atoms with Crippen LogP contribution in [0.15, 0.2) is 53.5 Å². The van der Waals surface area contributed by atoms with Crippen molar-refractivity contribution in [2.45, 2.75) is 32.7 Å². The number of rotatable bonds is 8. The molecule has 166 valence electrons. The Balaban J connectivity index is 1.56. The first-order valence-electron chi connectivity index (χ1n) is 10.6. The fraction of sp³-hybridized carbons (Fsp3) is 0.292. The van der Waals surface area contributed by atoms with Gasteiger partial charge in [-0.1, -0.05) is 31.2 Å². The van der Waals surface area contributed by atoms with Gasteiger partial charge in [-0.15, -0.1) is 0 Å². The summed E-state index contributed by atoms with van der Waals surface area (Å²) in [4.78, 5) is 4.27. The molecule has 0 aliphatic heterocycles. The molecule has 32 heavy (non-hydrogen) atoms. The summed E-state index contributed by atoms with van der Waals surface area (Å²) in [5.41, 5.74) is 10.3. The van der Waals surface area contributed by atoms with E-state index >= 15 is 0 Å². The molecule has 1 aromatic heterocycles. The number of nitrogens with two attached hydrogens (primary N) is 1. The van der Waals surface area contributed by atoms with Crippen molar-refractivity contribution in [1.29, 1.82) is 5.26 Å². The monoisotopic (exact) mass is 433 g/mol. The van der Waals surface area contributed by atoms with E-state index in [1.807, 2.05) is 6.07 Å². The van der Waals surface area contributed by atoms with Crippen molar-refractivity contribution in [1.82, 2.24) is 20.4 Å². The first-order valence-corrected chi connectivity index (χ1v) is 10.6. The lowest BCUT2D eigenvalue weighted by Crippen LogP contribution is -2.37. The summed E-state index contributed by atoms with van der Waals surface area (Å²) in [6, 6.07) is 16.3. The molecule has 0 radical (unpaired) electrons. The van der Waals surface area contributed by atoms with Gasteiger partial charge in [0.15, 0.2) is 5.96 Å². The van der Waals surface area contributed by atoms with Crippen molar-refractivity contribution < 1.29 is 4.39 Å². The van der Waals surface area contributed by atoms with Gasteiger partial charge in [0.1, 0.15) is 23.3 Å². The summed E-state index contributed by atoms with van der Waals surface area (Å²) in [7, 11) is 1.74. The largest absolute Gasteiger partial charge is 0.382 e. The number of nitrogens with one attached hydrogen (secondary N) is 2. The Bertz CT molecular complexity index is 1110. The molecular formula is C24H28FN7. The van der Waals surface area contributed by atoms with Crippen LogP contribution in [0, 0.1) is 17.1 Å². The van der Waals surface area contributed by atoms with Gasteiger partial charge in [-0.25, -0.2) is 9.07 Å². The second kappa shape index (κ2) is 11.0. The van der Waals surface area contributed by atoms with Gasteiger partial charge >= 0.3 is 0 Å². The number of guanidine groups is 1. The molecule has 4 N–H and O–H groups in total. The highest BCUT2D eigenvalue weighted by Gasteiger charge is 2.16. The van der Waals surface area contributed by atoms with E-state index in [9.17, 15) is 9.65 Å². The first kappa shape index (κ1) is 22.8. The van der Waals surface area contributed by atoms with E-state index in [0.717, 1.165) is 12.8 Å². The Labute approximate surface area is 187 Å². The number of aliphatic imine (C=N–C) groups is 1. The molecule has 3 rings (SSSR count). The van der Waals surface area contributed by atoms with Crippen molar-refractivity contribution in [2.75, 3.05) is 19.3 Å². The van der Waals surface area contributed by atoms with Crippen LogP contribution < -0.4 is 16.4 Å². The lowest BCUT2D eigenvalue weighted by molar-refractivity contribution is 0.627. The van der Waals surface area contributed by atoms with E-state index in [2.05, 4.69) is 51.9 Å². The third-order valence-electron chi connectivity index (χ3n) is 5.23. The Kier molecular flexibility index (Phi) is 7.81. The van der Waals surface area contributed by atoms with Crippen LogP contribution in [0.1, 0.15) is 35.7 Å². The predicted molar refractivity (Wildman–Crippen MR) is 125 cm³/mol. The van der Waals surface area contributed by atoms with Crippen LogP contribution in [0.5, 0.6) is 0 Å². The molecule has 0 aliphatic rings. The summed E-state index contributed by atoms with van der Waals surface area (Å²) in [5, 5.41) is 20.6. The van der Waals surface area contributed by atoms with Crippen molar-refractivity contribution in [2.24, 2.45) is 4.99 Å². The molecule has 8 heteroatoms. The van der Waals surface area contributed by atoms with E-state index in [-0.39, 0.29) is 11.6 Å². The zero-order valence-corrected chi connectivity index (χ0v) is 18.4. The first-order chi connectivity index (χ1) is 15.6. The van der Waals surface area contributed by atoms with Crippen LogP contribution >= 0.6 is 0 Å². The second-order valence-corrected chi connectivity index (χ2v) is 7.29. The molecule has 0 atom stereocenters. The van der Waals surface area contributed by atoms with Gasteiger partial charge in [-0.05, 0) is 54.7 Å². The average molecular weight is 434 g/mol. The number of nitriles is 1. The van der Waals surface area contributed by atoms with Gasteiger partial charge in [-0.2, -0.15) is 10.4 Å². The molecule has 0 unspecified atom stereocenters. The van der Waals surface area contributed by atoms with Crippen molar-refractivity contribution in [3.05, 3.63) is 76.7 Å². The number of halogens is 1. The highest BCUT2D eigenvalue weighted by Crippen LogP contribution is 2.21. The smallest absolute Gasteiger partial charge is 0.191 e. The number of hydrogen-bond acceptors (Lipinski definition) is 4. The third-order valence-corrected chi connectivity index (χ3v) is 5.23. The highest BCUT2D eigenvalue weighted by atomic mass is 19.1. The van der Waals surface area contributed by atoms with E-state index in [1.54, 1.807) is 19.2 Å². The summed E-state index contributed by atoms with van der Waals surface area (Å²) in [6.07, 6.45) is 2.30. The minimum Gasteiger partial charge on any atom is -0.382 e. The molecular weight excluding hydrogens is 405 g/mol. The van der Waals surface area contributed by atoms with E-state index in [1.165, 1.54) is 27.9 Å². The number of benzene rings is 2. The van der Waals surface area contributed by atoms with Crippen LogP contribution in [0.2, 0.25) is 0 Å². The Morgan fingerprint density at radius 2 is 1.88 bits per heavy atom. The molecule has 0 aliphatic carbocycles. The number of anilines is 1. The van der Waals surface area contributed by atoms with Crippen molar-refractivity contribution >= 4 is 11.8 Å². The maximum Gasteiger partial charge on any atom is 0.191 e. The van der Waals surface area contributed by atoms with Crippen LogP contribution in [0.3, 0.4) is 0 Å². The topological polar surface area (TPSA) is 104 Å². The van der Waals surface area contributed by atoms with Gasteiger partial charge in [0.2, 0.25) is 0 Å². The molecule has 0 saturated heterocycles. The molecule has 0 spiro atoms. The van der Waals surface area contributed by atoms with E-state index < -0.39 is 0 Å². The standard InChI is InChI=1S/C24H28FN7/c1-3-17-7-4-5-8-18(17)16-30-24(28-2)29-14-6-9-22-21(15-26)23(27)32(31-22)20-12-10-19(25)11-13-20/h4-5,7-8,10-13H,3,6,9,14,16,27H2,1-2H3,(H2,28,29,30). The van der Waals surface area contributed by atoms with Crippen LogP contribution in [-0.2, 0) is 19.4 Å². The Morgan fingerprint density at radius 3 is 2.53 bits per heavy atom. The van der Waals surface area contributed by atoms with Crippen molar-refractivity contribution in [3.63, 3.8) is 0 Å². The van der Waals surface area contributed by atoms with Gasteiger partial charge < -0.3 is 16.4 Å². The summed E-state index contributed by atoms with van der Waals surface area (Å²) >= 11 is 0. The molecule has 0 amide bonds. The normalized spacial score (nSPS) is 11.2. The molecule has 0 saturated carbocycles. The molecule has 0 fully saturated rings. The maximum absolute atomic E-state index is 13.2. The Morgan fingerprint density at radius 1 is 1.16 bits per heavy atom. The molecule has 1 heterocycles. The van der Waals surface area contributed by atoms with Gasteiger partial charge in [-0.3, -0.25) is 4.99 Å². The molecule has 7 nitrogen and oxygen atoms in total. The SMILES string of the molecule is CCc1ccccc1CNC(=NC)NCCCc1nn(-c2ccc(F)cc2)c(N)c1C#N. The lowest BCUT2D eigenvalue weighted by atomic mass is 10.1. The number of aromatic nitrogens is 2. The summed E-state index contributed by atoms with van der Waals surface area (Å²) < 4.78 is 14.7. The van der Waals surface area contributed by atoms with Gasteiger partial charge in [0.25, 0.3) is 0 Å². The lowest BCUT2D eigenvalue weighted by Gasteiger charge is -2.13.